The Morgan fingerprint density at radius 2 is 2.04 bits per heavy atom. The summed E-state index contributed by atoms with van der Waals surface area (Å²) in [7, 11) is 1.46. The SMILES string of the molecule is CNC(=O)c1cn(C[C@@H]2CC(F)(F)CN2C(=O)c2ccccc2)nn1. The molecule has 0 saturated carbocycles. The number of rotatable bonds is 4. The molecule has 0 aliphatic carbocycles. The van der Waals surface area contributed by atoms with Crippen LogP contribution in [0.3, 0.4) is 0 Å². The van der Waals surface area contributed by atoms with Crippen molar-refractivity contribution in [3.8, 4) is 0 Å². The molecule has 7 nitrogen and oxygen atoms in total. The van der Waals surface area contributed by atoms with Gasteiger partial charge in [-0.25, -0.2) is 13.5 Å². The zero-order valence-corrected chi connectivity index (χ0v) is 13.5. The number of carbonyl (C=O) groups excluding carboxylic acids is 2. The van der Waals surface area contributed by atoms with E-state index >= 15 is 0 Å². The van der Waals surface area contributed by atoms with E-state index < -0.39 is 36.7 Å². The van der Waals surface area contributed by atoms with Crippen LogP contribution in [0.25, 0.3) is 0 Å². The molecule has 132 valence electrons. The van der Waals surface area contributed by atoms with Gasteiger partial charge in [0, 0.05) is 19.0 Å². The summed E-state index contributed by atoms with van der Waals surface area (Å²) in [6.07, 6.45) is 0.918. The standard InChI is InChI=1S/C16H17F2N5O2/c1-19-14(24)13-9-22(21-20-13)8-12-7-16(17,18)10-23(12)15(25)11-5-3-2-4-6-11/h2-6,9,12H,7-8,10H2,1H3,(H,19,24)/t12-/m0/s1. The van der Waals surface area contributed by atoms with Gasteiger partial charge in [0.15, 0.2) is 5.69 Å². The van der Waals surface area contributed by atoms with Crippen molar-refractivity contribution < 1.29 is 18.4 Å². The minimum absolute atomic E-state index is 0.0398. The Kier molecular flexibility index (Phi) is 4.47. The van der Waals surface area contributed by atoms with Crippen LogP contribution in [-0.4, -0.2) is 57.3 Å². The summed E-state index contributed by atoms with van der Waals surface area (Å²) < 4.78 is 29.1. The minimum atomic E-state index is -2.96. The van der Waals surface area contributed by atoms with Gasteiger partial charge < -0.3 is 10.2 Å². The second kappa shape index (κ2) is 6.58. The summed E-state index contributed by atoms with van der Waals surface area (Å²) in [5, 5.41) is 9.90. The fourth-order valence-corrected chi connectivity index (χ4v) is 2.88. The van der Waals surface area contributed by atoms with E-state index in [0.717, 1.165) is 4.90 Å². The molecule has 1 aliphatic heterocycles. The van der Waals surface area contributed by atoms with Crippen molar-refractivity contribution in [3.63, 3.8) is 0 Å². The number of aromatic nitrogens is 3. The van der Waals surface area contributed by atoms with E-state index in [1.165, 1.54) is 17.9 Å². The normalized spacial score (nSPS) is 19.0. The molecule has 25 heavy (non-hydrogen) atoms. The fourth-order valence-electron chi connectivity index (χ4n) is 2.88. The number of likely N-dealkylation sites (tertiary alicyclic amines) is 1. The van der Waals surface area contributed by atoms with Crippen LogP contribution in [0.4, 0.5) is 8.78 Å². The topological polar surface area (TPSA) is 80.1 Å². The predicted octanol–water partition coefficient (Wildman–Crippen LogP) is 1.19. The molecule has 1 N–H and O–H groups in total. The minimum Gasteiger partial charge on any atom is -0.354 e. The molecular weight excluding hydrogens is 332 g/mol. The lowest BCUT2D eigenvalue weighted by Crippen LogP contribution is -2.38. The Bertz CT molecular complexity index is 778. The third kappa shape index (κ3) is 3.65. The first-order valence-corrected chi connectivity index (χ1v) is 7.76. The van der Waals surface area contributed by atoms with Gasteiger partial charge in [0.2, 0.25) is 0 Å². The first-order chi connectivity index (χ1) is 11.9. The average Bonchev–Trinajstić information content (AvgIpc) is 3.18. The van der Waals surface area contributed by atoms with Crippen molar-refractivity contribution >= 4 is 11.8 Å². The van der Waals surface area contributed by atoms with E-state index in [1.54, 1.807) is 30.3 Å². The van der Waals surface area contributed by atoms with Crippen LogP contribution in [0.2, 0.25) is 0 Å². The Hall–Kier alpha value is -2.84. The largest absolute Gasteiger partial charge is 0.354 e. The van der Waals surface area contributed by atoms with E-state index in [0.29, 0.717) is 5.56 Å². The lowest BCUT2D eigenvalue weighted by atomic mass is 10.1. The van der Waals surface area contributed by atoms with Gasteiger partial charge in [0.05, 0.1) is 25.3 Å². The third-order valence-electron chi connectivity index (χ3n) is 4.05. The van der Waals surface area contributed by atoms with E-state index in [4.69, 9.17) is 0 Å². The number of amides is 2. The van der Waals surface area contributed by atoms with Crippen molar-refractivity contribution in [1.29, 1.82) is 0 Å². The summed E-state index contributed by atoms with van der Waals surface area (Å²) in [4.78, 5) is 25.3. The molecule has 0 unspecified atom stereocenters. The molecule has 1 aromatic heterocycles. The molecule has 1 saturated heterocycles. The number of benzene rings is 1. The quantitative estimate of drug-likeness (QED) is 0.899. The van der Waals surface area contributed by atoms with Crippen molar-refractivity contribution in [1.82, 2.24) is 25.2 Å². The predicted molar refractivity (Wildman–Crippen MR) is 84.2 cm³/mol. The van der Waals surface area contributed by atoms with Crippen LogP contribution < -0.4 is 5.32 Å². The summed E-state index contributed by atoms with van der Waals surface area (Å²) in [5.74, 6) is -3.83. The van der Waals surface area contributed by atoms with Gasteiger partial charge in [-0.1, -0.05) is 23.4 Å². The van der Waals surface area contributed by atoms with Crippen LogP contribution in [0.5, 0.6) is 0 Å². The number of hydrogen-bond donors (Lipinski definition) is 1. The van der Waals surface area contributed by atoms with Gasteiger partial charge >= 0.3 is 0 Å². The van der Waals surface area contributed by atoms with Crippen LogP contribution in [0.1, 0.15) is 27.3 Å². The van der Waals surface area contributed by atoms with Crippen molar-refractivity contribution in [2.75, 3.05) is 13.6 Å². The summed E-state index contributed by atoms with van der Waals surface area (Å²) in [5.41, 5.74) is 0.447. The molecule has 1 atom stereocenters. The van der Waals surface area contributed by atoms with Gasteiger partial charge in [-0.15, -0.1) is 5.10 Å². The number of carbonyl (C=O) groups is 2. The molecule has 2 aromatic rings. The number of alkyl halides is 2. The highest BCUT2D eigenvalue weighted by Gasteiger charge is 2.47. The third-order valence-corrected chi connectivity index (χ3v) is 4.05. The second-order valence-corrected chi connectivity index (χ2v) is 5.92. The molecule has 1 aliphatic rings. The Morgan fingerprint density at radius 3 is 2.72 bits per heavy atom. The number of halogens is 2. The van der Waals surface area contributed by atoms with Crippen LogP contribution in [0.15, 0.2) is 36.5 Å². The van der Waals surface area contributed by atoms with E-state index in [2.05, 4.69) is 15.6 Å². The highest BCUT2D eigenvalue weighted by Crippen LogP contribution is 2.33. The van der Waals surface area contributed by atoms with Gasteiger partial charge in [-0.2, -0.15) is 0 Å². The van der Waals surface area contributed by atoms with Crippen LogP contribution in [-0.2, 0) is 6.54 Å². The molecule has 0 bridgehead atoms. The number of nitrogens with zero attached hydrogens (tertiary/aromatic N) is 4. The lowest BCUT2D eigenvalue weighted by molar-refractivity contribution is 0.0117. The van der Waals surface area contributed by atoms with E-state index in [9.17, 15) is 18.4 Å². The summed E-state index contributed by atoms with van der Waals surface area (Å²) in [6.45, 7) is -0.597. The van der Waals surface area contributed by atoms with Crippen molar-refractivity contribution in [2.45, 2.75) is 24.9 Å². The molecule has 1 aromatic carbocycles. The number of hydrogen-bond acceptors (Lipinski definition) is 4. The molecule has 9 heteroatoms. The van der Waals surface area contributed by atoms with Gasteiger partial charge in [0.1, 0.15) is 0 Å². The average molecular weight is 349 g/mol. The summed E-state index contributed by atoms with van der Waals surface area (Å²) >= 11 is 0. The molecular formula is C16H17F2N5O2. The van der Waals surface area contributed by atoms with Gasteiger partial charge in [-0.05, 0) is 12.1 Å². The van der Waals surface area contributed by atoms with Gasteiger partial charge in [-0.3, -0.25) is 9.59 Å². The Labute approximate surface area is 142 Å². The van der Waals surface area contributed by atoms with E-state index in [-0.39, 0.29) is 12.2 Å². The van der Waals surface area contributed by atoms with Crippen LogP contribution >= 0.6 is 0 Å². The maximum Gasteiger partial charge on any atom is 0.273 e. The first-order valence-electron chi connectivity index (χ1n) is 7.76. The molecule has 1 fully saturated rings. The maximum atomic E-state index is 13.9. The molecule has 0 radical (unpaired) electrons. The summed E-state index contributed by atoms with van der Waals surface area (Å²) in [6, 6.07) is 7.57. The van der Waals surface area contributed by atoms with E-state index in [1.807, 2.05) is 0 Å². The zero-order chi connectivity index (χ0) is 18.0. The smallest absolute Gasteiger partial charge is 0.273 e. The molecule has 3 rings (SSSR count). The lowest BCUT2D eigenvalue weighted by Gasteiger charge is -2.23. The highest BCUT2D eigenvalue weighted by molar-refractivity contribution is 5.94. The zero-order valence-electron chi connectivity index (χ0n) is 13.5. The molecule has 0 spiro atoms. The first kappa shape index (κ1) is 17.0. The van der Waals surface area contributed by atoms with Crippen molar-refractivity contribution in [3.05, 3.63) is 47.8 Å². The maximum absolute atomic E-state index is 13.9. The molecule has 2 heterocycles. The molecule has 2 amide bonds. The fraction of sp³-hybridized carbons (Fsp3) is 0.375. The highest BCUT2D eigenvalue weighted by atomic mass is 19.3. The monoisotopic (exact) mass is 349 g/mol. The van der Waals surface area contributed by atoms with Gasteiger partial charge in [0.25, 0.3) is 17.7 Å². The van der Waals surface area contributed by atoms with Crippen molar-refractivity contribution in [2.24, 2.45) is 0 Å². The van der Waals surface area contributed by atoms with Crippen LogP contribution in [0, 0.1) is 0 Å². The Morgan fingerprint density at radius 1 is 1.32 bits per heavy atom. The Balaban J connectivity index is 1.79. The number of nitrogens with one attached hydrogen (secondary N) is 1. The second-order valence-electron chi connectivity index (χ2n) is 5.92.